The topological polar surface area (TPSA) is 87.7 Å². The van der Waals surface area contributed by atoms with Crippen LogP contribution in [-0.4, -0.2) is 73.4 Å². The van der Waals surface area contributed by atoms with Crippen LogP contribution in [0.1, 0.15) is 24.4 Å². The average molecular weight is 369 g/mol. The van der Waals surface area contributed by atoms with E-state index in [0.29, 0.717) is 45.3 Å². The summed E-state index contributed by atoms with van der Waals surface area (Å²) in [5.74, 6) is 2.04. The Kier molecular flexibility index (Phi) is 5.88. The lowest BCUT2D eigenvalue weighted by Crippen LogP contribution is -2.50. The van der Waals surface area contributed by atoms with Gasteiger partial charge in [-0.1, -0.05) is 0 Å². The Morgan fingerprint density at radius 1 is 1.16 bits per heavy atom. The first-order chi connectivity index (χ1) is 12.0. The largest absolute Gasteiger partial charge is 0.379 e. The highest BCUT2D eigenvalue weighted by Gasteiger charge is 2.33. The summed E-state index contributed by atoms with van der Waals surface area (Å²) in [6.07, 6.45) is 2.59. The summed E-state index contributed by atoms with van der Waals surface area (Å²) in [4.78, 5) is 8.83. The van der Waals surface area contributed by atoms with Gasteiger partial charge < -0.3 is 10.1 Å². The molecule has 0 atom stereocenters. The lowest BCUT2D eigenvalue weighted by atomic mass is 9.93. The molecule has 9 heteroatoms. The van der Waals surface area contributed by atoms with Crippen LogP contribution in [0.3, 0.4) is 0 Å². The third-order valence-corrected chi connectivity index (χ3v) is 6.88. The molecule has 1 aromatic heterocycles. The van der Waals surface area contributed by atoms with E-state index in [1.165, 1.54) is 0 Å². The summed E-state index contributed by atoms with van der Waals surface area (Å²) in [6, 6.07) is 1.98. The van der Waals surface area contributed by atoms with Crippen molar-refractivity contribution in [1.82, 2.24) is 18.6 Å². The molecule has 2 saturated heterocycles. The van der Waals surface area contributed by atoms with Gasteiger partial charge in [-0.15, -0.1) is 0 Å². The Morgan fingerprint density at radius 2 is 1.80 bits per heavy atom. The second-order valence-corrected chi connectivity index (χ2v) is 8.54. The molecule has 2 fully saturated rings. The van der Waals surface area contributed by atoms with Crippen LogP contribution >= 0.6 is 0 Å². The Bertz CT molecular complexity index is 683. The van der Waals surface area contributed by atoms with Crippen LogP contribution in [0.2, 0.25) is 0 Å². The van der Waals surface area contributed by atoms with E-state index in [9.17, 15) is 8.42 Å². The number of ether oxygens (including phenoxy) is 1. The predicted octanol–water partition coefficient (Wildman–Crippen LogP) is 0.658. The normalized spacial score (nSPS) is 21.4. The van der Waals surface area contributed by atoms with Crippen molar-refractivity contribution in [2.24, 2.45) is 5.92 Å². The zero-order chi connectivity index (χ0) is 17.9. The van der Waals surface area contributed by atoms with Crippen molar-refractivity contribution in [3.8, 4) is 0 Å². The highest BCUT2D eigenvalue weighted by molar-refractivity contribution is 7.86. The van der Waals surface area contributed by atoms with Gasteiger partial charge in [0.2, 0.25) is 0 Å². The molecular weight excluding hydrogens is 342 g/mol. The molecule has 1 aromatic rings. The van der Waals surface area contributed by atoms with Gasteiger partial charge in [0.15, 0.2) is 0 Å². The molecule has 0 bridgehead atoms. The van der Waals surface area contributed by atoms with Gasteiger partial charge in [0, 0.05) is 45.0 Å². The molecule has 3 rings (SSSR count). The molecule has 3 heterocycles. The first-order valence-electron chi connectivity index (χ1n) is 8.84. The molecule has 0 aromatic carbocycles. The van der Waals surface area contributed by atoms with E-state index in [1.807, 2.05) is 20.0 Å². The van der Waals surface area contributed by atoms with Crippen molar-refractivity contribution in [2.45, 2.75) is 26.2 Å². The Hall–Kier alpha value is -1.29. The number of aryl methyl sites for hydroxylation is 1. The number of nitrogens with zero attached hydrogens (tertiary/aromatic N) is 4. The molecule has 0 unspecified atom stereocenters. The van der Waals surface area contributed by atoms with Crippen molar-refractivity contribution in [2.75, 3.05) is 51.8 Å². The van der Waals surface area contributed by atoms with Gasteiger partial charge >= 0.3 is 0 Å². The quantitative estimate of drug-likeness (QED) is 0.820. The van der Waals surface area contributed by atoms with E-state index in [4.69, 9.17) is 4.74 Å². The summed E-state index contributed by atoms with van der Waals surface area (Å²) < 4.78 is 33.8. The highest BCUT2D eigenvalue weighted by Crippen LogP contribution is 2.25. The van der Waals surface area contributed by atoms with Crippen molar-refractivity contribution >= 4 is 16.0 Å². The lowest BCUT2D eigenvalue weighted by Gasteiger charge is -2.36. The summed E-state index contributed by atoms with van der Waals surface area (Å²) in [7, 11) is -1.50. The minimum Gasteiger partial charge on any atom is -0.379 e. The number of aromatic nitrogens is 2. The Morgan fingerprint density at radius 3 is 2.44 bits per heavy atom. The van der Waals surface area contributed by atoms with Gasteiger partial charge in [0.05, 0.1) is 13.2 Å². The van der Waals surface area contributed by atoms with Crippen LogP contribution in [0, 0.1) is 12.8 Å². The first-order valence-corrected chi connectivity index (χ1v) is 10.2. The summed E-state index contributed by atoms with van der Waals surface area (Å²) in [5, 5.41) is 3.05. The molecular formula is C16H27N5O3S. The zero-order valence-electron chi connectivity index (χ0n) is 14.9. The molecule has 1 N–H and O–H groups in total. The highest BCUT2D eigenvalue weighted by atomic mass is 32.2. The molecule has 0 radical (unpaired) electrons. The van der Waals surface area contributed by atoms with Gasteiger partial charge in [-0.25, -0.2) is 9.97 Å². The standard InChI is InChI=1S/C16H27N5O3S/c1-13-18-15(12-16(17-2)19-13)11-14-3-5-20(6-4-14)25(22,23)21-7-9-24-10-8-21/h12,14H,3-11H2,1-2H3,(H,17,18,19). The van der Waals surface area contributed by atoms with E-state index in [0.717, 1.165) is 36.6 Å². The molecule has 25 heavy (non-hydrogen) atoms. The molecule has 2 aliphatic heterocycles. The van der Waals surface area contributed by atoms with Crippen molar-refractivity contribution in [1.29, 1.82) is 0 Å². The first kappa shape index (κ1) is 18.5. The number of piperidine rings is 1. The van der Waals surface area contributed by atoms with E-state index in [2.05, 4.69) is 15.3 Å². The molecule has 8 nitrogen and oxygen atoms in total. The Balaban J connectivity index is 1.57. The average Bonchev–Trinajstić information content (AvgIpc) is 2.62. The van der Waals surface area contributed by atoms with Crippen LogP contribution < -0.4 is 5.32 Å². The number of morpholine rings is 1. The molecule has 140 valence electrons. The van der Waals surface area contributed by atoms with Gasteiger partial charge in [-0.2, -0.15) is 17.0 Å². The molecule has 0 spiro atoms. The number of nitrogens with one attached hydrogen (secondary N) is 1. The molecule has 0 saturated carbocycles. The van der Waals surface area contributed by atoms with E-state index in [-0.39, 0.29) is 0 Å². The van der Waals surface area contributed by atoms with Crippen LogP contribution in [0.4, 0.5) is 5.82 Å². The summed E-state index contributed by atoms with van der Waals surface area (Å²) in [5.41, 5.74) is 1.02. The van der Waals surface area contributed by atoms with Gasteiger partial charge in [0.25, 0.3) is 10.2 Å². The maximum absolute atomic E-state index is 12.7. The molecule has 0 aliphatic carbocycles. The number of anilines is 1. The fourth-order valence-electron chi connectivity index (χ4n) is 3.44. The fraction of sp³-hybridized carbons (Fsp3) is 0.750. The SMILES string of the molecule is CNc1cc(CC2CCN(S(=O)(=O)N3CCOCC3)CC2)nc(C)n1. The second-order valence-electron chi connectivity index (χ2n) is 6.61. The van der Waals surface area contributed by atoms with E-state index in [1.54, 1.807) is 8.61 Å². The predicted molar refractivity (Wildman–Crippen MR) is 95.6 cm³/mol. The van der Waals surface area contributed by atoms with E-state index >= 15 is 0 Å². The van der Waals surface area contributed by atoms with Crippen molar-refractivity contribution in [3.63, 3.8) is 0 Å². The fourth-order valence-corrected chi connectivity index (χ4v) is 5.05. The number of hydrogen-bond acceptors (Lipinski definition) is 6. The van der Waals surface area contributed by atoms with Crippen LogP contribution in [-0.2, 0) is 21.4 Å². The maximum atomic E-state index is 12.7. The maximum Gasteiger partial charge on any atom is 0.282 e. The lowest BCUT2D eigenvalue weighted by molar-refractivity contribution is 0.0693. The molecule has 2 aliphatic rings. The van der Waals surface area contributed by atoms with Crippen molar-refractivity contribution < 1.29 is 13.2 Å². The van der Waals surface area contributed by atoms with Gasteiger partial charge in [0.1, 0.15) is 11.6 Å². The van der Waals surface area contributed by atoms with Gasteiger partial charge in [-0.05, 0) is 32.1 Å². The van der Waals surface area contributed by atoms with Crippen LogP contribution in [0.15, 0.2) is 6.07 Å². The zero-order valence-corrected chi connectivity index (χ0v) is 15.8. The monoisotopic (exact) mass is 369 g/mol. The third-order valence-electron chi connectivity index (χ3n) is 4.84. The third kappa shape index (κ3) is 4.46. The van der Waals surface area contributed by atoms with Gasteiger partial charge in [-0.3, -0.25) is 0 Å². The van der Waals surface area contributed by atoms with Crippen LogP contribution in [0.25, 0.3) is 0 Å². The van der Waals surface area contributed by atoms with E-state index < -0.39 is 10.2 Å². The minimum absolute atomic E-state index is 0.454. The summed E-state index contributed by atoms with van der Waals surface area (Å²) in [6.45, 7) is 4.92. The second kappa shape index (κ2) is 7.94. The number of hydrogen-bond donors (Lipinski definition) is 1. The smallest absolute Gasteiger partial charge is 0.282 e. The van der Waals surface area contributed by atoms with Crippen LogP contribution in [0.5, 0.6) is 0 Å². The Labute approximate surface area is 149 Å². The molecule has 0 amide bonds. The van der Waals surface area contributed by atoms with Crippen molar-refractivity contribution in [3.05, 3.63) is 17.6 Å². The number of rotatable bonds is 5. The summed E-state index contributed by atoms with van der Waals surface area (Å²) >= 11 is 0. The minimum atomic E-state index is -3.35.